The number of carbonyl (C=O) groups excluding carboxylic acids is 1. The molecular formula is C20H22N4OS. The van der Waals surface area contributed by atoms with Crippen LogP contribution in [0.4, 0.5) is 5.82 Å². The first kappa shape index (κ1) is 17.0. The maximum atomic E-state index is 12.6. The molecule has 1 aliphatic rings. The maximum Gasteiger partial charge on any atom is 0.252 e. The van der Waals surface area contributed by atoms with Gasteiger partial charge in [-0.15, -0.1) is 11.3 Å². The number of nitrogens with zero attached hydrogens (tertiary/aromatic N) is 2. The van der Waals surface area contributed by atoms with E-state index in [-0.39, 0.29) is 11.9 Å². The van der Waals surface area contributed by atoms with Crippen LogP contribution >= 0.6 is 11.3 Å². The number of hydrogen-bond acceptors (Lipinski definition) is 5. The zero-order valence-electron chi connectivity index (χ0n) is 14.7. The molecule has 0 spiro atoms. The molecule has 6 heteroatoms. The summed E-state index contributed by atoms with van der Waals surface area (Å²) in [6, 6.07) is 11.9. The predicted molar refractivity (Wildman–Crippen MR) is 106 cm³/mol. The van der Waals surface area contributed by atoms with Gasteiger partial charge in [-0.3, -0.25) is 4.79 Å². The number of benzene rings is 1. The molecule has 26 heavy (non-hydrogen) atoms. The number of thiazole rings is 1. The van der Waals surface area contributed by atoms with Crippen LogP contribution in [0, 0.1) is 0 Å². The fourth-order valence-electron chi connectivity index (χ4n) is 3.35. The molecule has 1 saturated carbocycles. The summed E-state index contributed by atoms with van der Waals surface area (Å²) in [5.41, 5.74) is 1.59. The fraction of sp³-hybridized carbons (Fsp3) is 0.350. The summed E-state index contributed by atoms with van der Waals surface area (Å²) in [6.45, 7) is 1.97. The Labute approximate surface area is 156 Å². The average Bonchev–Trinajstić information content (AvgIpc) is 3.31. The zero-order chi connectivity index (χ0) is 17.9. The van der Waals surface area contributed by atoms with Crippen LogP contribution in [-0.4, -0.2) is 21.9 Å². The summed E-state index contributed by atoms with van der Waals surface area (Å²) in [7, 11) is 0. The van der Waals surface area contributed by atoms with Crippen molar-refractivity contribution in [3.05, 3.63) is 53.2 Å². The van der Waals surface area contributed by atoms with Crippen molar-refractivity contribution in [1.82, 2.24) is 15.3 Å². The Hall–Kier alpha value is -2.47. The van der Waals surface area contributed by atoms with Crippen LogP contribution in [0.15, 0.2) is 42.6 Å². The highest BCUT2D eigenvalue weighted by Crippen LogP contribution is 2.26. The van der Waals surface area contributed by atoms with Gasteiger partial charge in [-0.05, 0) is 44.0 Å². The zero-order valence-corrected chi connectivity index (χ0v) is 15.6. The van der Waals surface area contributed by atoms with Gasteiger partial charge >= 0.3 is 0 Å². The molecule has 0 bridgehead atoms. The van der Waals surface area contributed by atoms with Gasteiger partial charge in [-0.25, -0.2) is 9.97 Å². The number of para-hydroxylation sites is 1. The average molecular weight is 366 g/mol. The number of amides is 1. The summed E-state index contributed by atoms with van der Waals surface area (Å²) in [4.78, 5) is 21.6. The molecule has 5 nitrogen and oxygen atoms in total. The maximum absolute atomic E-state index is 12.6. The van der Waals surface area contributed by atoms with E-state index in [1.165, 1.54) is 25.7 Å². The smallest absolute Gasteiger partial charge is 0.252 e. The lowest BCUT2D eigenvalue weighted by molar-refractivity contribution is 0.0940. The molecule has 1 atom stereocenters. The van der Waals surface area contributed by atoms with E-state index in [4.69, 9.17) is 0 Å². The molecule has 1 unspecified atom stereocenters. The van der Waals surface area contributed by atoms with Gasteiger partial charge in [0, 0.05) is 17.8 Å². The van der Waals surface area contributed by atoms with Crippen LogP contribution in [0.25, 0.3) is 10.2 Å². The number of hydrogen-bond donors (Lipinski definition) is 2. The molecule has 134 valence electrons. The van der Waals surface area contributed by atoms with Gasteiger partial charge < -0.3 is 10.6 Å². The molecule has 1 amide bonds. The molecule has 4 rings (SSSR count). The highest BCUT2D eigenvalue weighted by atomic mass is 32.1. The monoisotopic (exact) mass is 366 g/mol. The van der Waals surface area contributed by atoms with E-state index in [9.17, 15) is 4.79 Å². The second-order valence-electron chi connectivity index (χ2n) is 6.77. The summed E-state index contributed by atoms with van der Waals surface area (Å²) in [5.74, 6) is 0.672. The summed E-state index contributed by atoms with van der Waals surface area (Å²) >= 11 is 1.62. The van der Waals surface area contributed by atoms with Crippen LogP contribution in [0.2, 0.25) is 0 Å². The lowest BCUT2D eigenvalue weighted by Crippen LogP contribution is -2.27. The largest absolute Gasteiger partial charge is 0.367 e. The molecular weight excluding hydrogens is 344 g/mol. The van der Waals surface area contributed by atoms with Crippen molar-refractivity contribution in [2.45, 2.75) is 44.7 Å². The number of aromatic nitrogens is 2. The van der Waals surface area contributed by atoms with Gasteiger partial charge in [0.1, 0.15) is 10.8 Å². The van der Waals surface area contributed by atoms with Crippen molar-refractivity contribution in [2.75, 3.05) is 5.32 Å². The molecule has 2 aromatic heterocycles. The van der Waals surface area contributed by atoms with Crippen molar-refractivity contribution in [3.63, 3.8) is 0 Å². The van der Waals surface area contributed by atoms with E-state index in [1.807, 2.05) is 31.2 Å². The van der Waals surface area contributed by atoms with Gasteiger partial charge in [0.2, 0.25) is 0 Å². The molecule has 1 fully saturated rings. The second kappa shape index (κ2) is 7.41. The van der Waals surface area contributed by atoms with E-state index in [1.54, 1.807) is 23.6 Å². The first-order valence-corrected chi connectivity index (χ1v) is 9.89. The molecule has 0 saturated heterocycles. The van der Waals surface area contributed by atoms with Crippen molar-refractivity contribution in [3.8, 4) is 0 Å². The summed E-state index contributed by atoms with van der Waals surface area (Å²) in [6.07, 6.45) is 6.56. The number of pyridine rings is 1. The highest BCUT2D eigenvalue weighted by molar-refractivity contribution is 7.18. The third kappa shape index (κ3) is 3.70. The lowest BCUT2D eigenvalue weighted by Gasteiger charge is -2.14. The molecule has 2 heterocycles. The van der Waals surface area contributed by atoms with Crippen LogP contribution in [-0.2, 0) is 0 Å². The van der Waals surface area contributed by atoms with E-state index in [0.717, 1.165) is 21.0 Å². The number of fused-ring (bicyclic) bond motifs is 1. The van der Waals surface area contributed by atoms with Crippen LogP contribution in [0.5, 0.6) is 0 Å². The Morgan fingerprint density at radius 3 is 2.85 bits per heavy atom. The van der Waals surface area contributed by atoms with Crippen molar-refractivity contribution in [2.24, 2.45) is 0 Å². The Kier molecular flexibility index (Phi) is 4.84. The predicted octanol–water partition coefficient (Wildman–Crippen LogP) is 4.54. The molecule has 0 aliphatic heterocycles. The molecule has 1 aromatic carbocycles. The minimum Gasteiger partial charge on any atom is -0.367 e. The third-order valence-corrected chi connectivity index (χ3v) is 5.98. The van der Waals surface area contributed by atoms with Gasteiger partial charge in [0.05, 0.1) is 16.3 Å². The van der Waals surface area contributed by atoms with Crippen molar-refractivity contribution in [1.29, 1.82) is 0 Å². The highest BCUT2D eigenvalue weighted by Gasteiger charge is 2.18. The van der Waals surface area contributed by atoms with Gasteiger partial charge in [-0.2, -0.15) is 0 Å². The third-order valence-electron chi connectivity index (χ3n) is 4.76. The second-order valence-corrected chi connectivity index (χ2v) is 7.83. The van der Waals surface area contributed by atoms with Crippen LogP contribution in [0.1, 0.15) is 54.0 Å². The van der Waals surface area contributed by atoms with Gasteiger partial charge in [-0.1, -0.05) is 25.0 Å². The quantitative estimate of drug-likeness (QED) is 0.696. The van der Waals surface area contributed by atoms with Gasteiger partial charge in [0.15, 0.2) is 0 Å². The van der Waals surface area contributed by atoms with Crippen LogP contribution in [0.3, 0.4) is 0 Å². The molecule has 2 N–H and O–H groups in total. The summed E-state index contributed by atoms with van der Waals surface area (Å²) < 4.78 is 1.13. The number of carbonyl (C=O) groups is 1. The number of nitrogens with one attached hydrogen (secondary N) is 2. The minimum atomic E-state index is -0.140. The SMILES string of the molecule is CC(NC(=O)c1ccnc(NC2CCCC2)c1)c1nc2ccccc2s1. The molecule has 1 aliphatic carbocycles. The van der Waals surface area contributed by atoms with Gasteiger partial charge in [0.25, 0.3) is 5.91 Å². The standard InChI is InChI=1S/C20H22N4OS/c1-13(20-24-16-8-4-5-9-17(16)26-20)22-19(25)14-10-11-21-18(12-14)23-15-6-2-3-7-15/h4-5,8-13,15H,2-3,6-7H2,1H3,(H,21,23)(H,22,25). The Morgan fingerprint density at radius 2 is 2.04 bits per heavy atom. The lowest BCUT2D eigenvalue weighted by atomic mass is 10.2. The van der Waals surface area contributed by atoms with E-state index >= 15 is 0 Å². The normalized spacial score (nSPS) is 15.9. The molecule has 3 aromatic rings. The summed E-state index contributed by atoms with van der Waals surface area (Å²) in [5, 5.41) is 7.40. The minimum absolute atomic E-state index is 0.103. The van der Waals surface area contributed by atoms with Crippen LogP contribution < -0.4 is 10.6 Å². The van der Waals surface area contributed by atoms with Crippen molar-refractivity contribution >= 4 is 33.3 Å². The Morgan fingerprint density at radius 1 is 1.23 bits per heavy atom. The Bertz CT molecular complexity index is 884. The first-order valence-electron chi connectivity index (χ1n) is 9.08. The topological polar surface area (TPSA) is 66.9 Å². The fourth-order valence-corrected chi connectivity index (χ4v) is 4.32. The van der Waals surface area contributed by atoms with E-state index < -0.39 is 0 Å². The van der Waals surface area contributed by atoms with E-state index in [0.29, 0.717) is 11.6 Å². The number of rotatable bonds is 5. The number of anilines is 1. The first-order chi connectivity index (χ1) is 12.7. The van der Waals surface area contributed by atoms with Crippen molar-refractivity contribution < 1.29 is 4.79 Å². The Balaban J connectivity index is 1.45. The molecule has 0 radical (unpaired) electrons. The van der Waals surface area contributed by atoms with E-state index in [2.05, 4.69) is 26.7 Å².